The lowest BCUT2D eigenvalue weighted by atomic mass is 10.2. The van der Waals surface area contributed by atoms with E-state index < -0.39 is 0 Å². The van der Waals surface area contributed by atoms with Gasteiger partial charge in [0.25, 0.3) is 0 Å². The van der Waals surface area contributed by atoms with Crippen molar-refractivity contribution in [3.05, 3.63) is 0 Å². The van der Waals surface area contributed by atoms with Gasteiger partial charge in [-0.2, -0.15) is 11.8 Å². The summed E-state index contributed by atoms with van der Waals surface area (Å²) < 4.78 is 0. The number of hydrogen-bond donors (Lipinski definition) is 1. The Kier molecular flexibility index (Phi) is 6.69. The predicted octanol–water partition coefficient (Wildman–Crippen LogP) is 2.20. The molecule has 3 heteroatoms. The van der Waals surface area contributed by atoms with E-state index in [-0.39, 0.29) is 0 Å². The van der Waals surface area contributed by atoms with Crippen LogP contribution in [-0.4, -0.2) is 48.1 Å². The summed E-state index contributed by atoms with van der Waals surface area (Å²) in [4.78, 5) is 2.59. The average molecular weight is 230 g/mol. The summed E-state index contributed by atoms with van der Waals surface area (Å²) >= 11 is 2.11. The van der Waals surface area contributed by atoms with Crippen molar-refractivity contribution in [3.8, 4) is 0 Å². The predicted molar refractivity (Wildman–Crippen MR) is 70.7 cm³/mol. The maximum absolute atomic E-state index is 3.63. The van der Waals surface area contributed by atoms with Crippen LogP contribution < -0.4 is 5.32 Å². The van der Waals surface area contributed by atoms with Crippen molar-refractivity contribution in [2.75, 3.05) is 31.9 Å². The van der Waals surface area contributed by atoms with Gasteiger partial charge < -0.3 is 10.2 Å². The molecule has 2 nitrogen and oxygen atoms in total. The molecule has 1 atom stereocenters. The highest BCUT2D eigenvalue weighted by Gasteiger charge is 2.15. The summed E-state index contributed by atoms with van der Waals surface area (Å²) in [5.41, 5.74) is 0. The van der Waals surface area contributed by atoms with Crippen LogP contribution in [0.15, 0.2) is 0 Å². The molecule has 15 heavy (non-hydrogen) atoms. The van der Waals surface area contributed by atoms with Crippen LogP contribution in [0.25, 0.3) is 0 Å². The molecule has 1 N–H and O–H groups in total. The van der Waals surface area contributed by atoms with E-state index in [0.717, 1.165) is 17.8 Å². The van der Waals surface area contributed by atoms with Gasteiger partial charge in [-0.05, 0) is 12.8 Å². The summed E-state index contributed by atoms with van der Waals surface area (Å²) in [5, 5.41) is 4.46. The zero-order valence-electron chi connectivity index (χ0n) is 10.5. The normalized spacial score (nSPS) is 23.6. The SMILES string of the molecule is CCC(CC)NCCN1CCSC(C)C1. The maximum atomic E-state index is 3.63. The van der Waals surface area contributed by atoms with Crippen LogP contribution in [0.5, 0.6) is 0 Å². The van der Waals surface area contributed by atoms with Gasteiger partial charge in [0, 0.05) is 43.2 Å². The van der Waals surface area contributed by atoms with Gasteiger partial charge in [-0.3, -0.25) is 0 Å². The smallest absolute Gasteiger partial charge is 0.0147 e. The van der Waals surface area contributed by atoms with E-state index in [2.05, 4.69) is 42.7 Å². The lowest BCUT2D eigenvalue weighted by molar-refractivity contribution is 0.279. The maximum Gasteiger partial charge on any atom is 0.0147 e. The quantitative estimate of drug-likeness (QED) is 0.753. The highest BCUT2D eigenvalue weighted by atomic mass is 32.2. The van der Waals surface area contributed by atoms with Crippen LogP contribution in [0.4, 0.5) is 0 Å². The molecule has 1 heterocycles. The first-order chi connectivity index (χ1) is 7.26. The third kappa shape index (κ3) is 5.23. The van der Waals surface area contributed by atoms with Gasteiger partial charge in [-0.1, -0.05) is 20.8 Å². The van der Waals surface area contributed by atoms with Crippen molar-refractivity contribution in [1.29, 1.82) is 0 Å². The monoisotopic (exact) mass is 230 g/mol. The third-order valence-corrected chi connectivity index (χ3v) is 4.31. The Morgan fingerprint density at radius 3 is 2.73 bits per heavy atom. The molecule has 1 saturated heterocycles. The second kappa shape index (κ2) is 7.53. The Labute approximate surface area is 99.2 Å². The first-order valence-electron chi connectivity index (χ1n) is 6.33. The first-order valence-corrected chi connectivity index (χ1v) is 7.38. The van der Waals surface area contributed by atoms with Crippen LogP contribution in [0.2, 0.25) is 0 Å². The van der Waals surface area contributed by atoms with Crippen LogP contribution in [0.3, 0.4) is 0 Å². The molecular weight excluding hydrogens is 204 g/mol. The molecule has 0 saturated carbocycles. The average Bonchev–Trinajstić information content (AvgIpc) is 2.25. The molecule has 1 aliphatic rings. The zero-order valence-corrected chi connectivity index (χ0v) is 11.3. The number of thioether (sulfide) groups is 1. The number of nitrogens with one attached hydrogen (secondary N) is 1. The van der Waals surface area contributed by atoms with E-state index in [0.29, 0.717) is 0 Å². The molecule has 1 aliphatic heterocycles. The van der Waals surface area contributed by atoms with Gasteiger partial charge in [0.15, 0.2) is 0 Å². The van der Waals surface area contributed by atoms with E-state index >= 15 is 0 Å². The van der Waals surface area contributed by atoms with Crippen LogP contribution in [0, 0.1) is 0 Å². The van der Waals surface area contributed by atoms with Gasteiger partial charge >= 0.3 is 0 Å². The second-order valence-electron chi connectivity index (χ2n) is 4.45. The molecule has 90 valence electrons. The highest BCUT2D eigenvalue weighted by Crippen LogP contribution is 2.16. The molecular formula is C12H26N2S. The van der Waals surface area contributed by atoms with Gasteiger partial charge in [0.2, 0.25) is 0 Å². The minimum Gasteiger partial charge on any atom is -0.313 e. The minimum atomic E-state index is 0.724. The summed E-state index contributed by atoms with van der Waals surface area (Å²) in [7, 11) is 0. The molecule has 1 unspecified atom stereocenters. The van der Waals surface area contributed by atoms with E-state index in [1.807, 2.05) is 0 Å². The van der Waals surface area contributed by atoms with E-state index in [4.69, 9.17) is 0 Å². The second-order valence-corrected chi connectivity index (χ2v) is 6.00. The number of rotatable bonds is 6. The Morgan fingerprint density at radius 1 is 1.40 bits per heavy atom. The minimum absolute atomic E-state index is 0.724. The van der Waals surface area contributed by atoms with Crippen LogP contribution >= 0.6 is 11.8 Å². The molecule has 1 rings (SSSR count). The summed E-state index contributed by atoms with van der Waals surface area (Å²) in [6.45, 7) is 11.8. The van der Waals surface area contributed by atoms with Crippen LogP contribution in [-0.2, 0) is 0 Å². The molecule has 0 amide bonds. The molecule has 0 aromatic rings. The molecule has 0 aromatic heterocycles. The Hall–Kier alpha value is 0.270. The molecule has 0 aromatic carbocycles. The van der Waals surface area contributed by atoms with Crippen molar-refractivity contribution in [1.82, 2.24) is 10.2 Å². The van der Waals surface area contributed by atoms with Crippen molar-refractivity contribution in [2.24, 2.45) is 0 Å². The van der Waals surface area contributed by atoms with E-state index in [1.54, 1.807) is 0 Å². The van der Waals surface area contributed by atoms with E-state index in [9.17, 15) is 0 Å². The van der Waals surface area contributed by atoms with Crippen molar-refractivity contribution in [3.63, 3.8) is 0 Å². The molecule has 0 aliphatic carbocycles. The van der Waals surface area contributed by atoms with Gasteiger partial charge in [0.1, 0.15) is 0 Å². The Morgan fingerprint density at radius 2 is 2.13 bits per heavy atom. The molecule has 0 bridgehead atoms. The third-order valence-electron chi connectivity index (χ3n) is 3.17. The summed E-state index contributed by atoms with van der Waals surface area (Å²) in [6.07, 6.45) is 2.51. The molecule has 0 radical (unpaired) electrons. The topological polar surface area (TPSA) is 15.3 Å². The fourth-order valence-electron chi connectivity index (χ4n) is 2.10. The Balaban J connectivity index is 2.08. The lowest BCUT2D eigenvalue weighted by Gasteiger charge is -2.31. The first kappa shape index (κ1) is 13.3. The molecule has 0 spiro atoms. The van der Waals surface area contributed by atoms with Crippen molar-refractivity contribution < 1.29 is 0 Å². The standard InChI is InChI=1S/C12H26N2S/c1-4-12(5-2)13-6-7-14-8-9-15-11(3)10-14/h11-13H,4-10H2,1-3H3. The zero-order chi connectivity index (χ0) is 11.1. The van der Waals surface area contributed by atoms with Crippen molar-refractivity contribution >= 4 is 11.8 Å². The van der Waals surface area contributed by atoms with Gasteiger partial charge in [0.05, 0.1) is 0 Å². The number of hydrogen-bond acceptors (Lipinski definition) is 3. The highest BCUT2D eigenvalue weighted by molar-refractivity contribution is 7.99. The fourth-order valence-corrected chi connectivity index (χ4v) is 3.18. The number of nitrogens with zero attached hydrogens (tertiary/aromatic N) is 1. The van der Waals surface area contributed by atoms with E-state index in [1.165, 1.54) is 38.2 Å². The lowest BCUT2D eigenvalue weighted by Crippen LogP contribution is -2.42. The summed E-state index contributed by atoms with van der Waals surface area (Å²) in [5.74, 6) is 1.31. The molecule has 1 fully saturated rings. The van der Waals surface area contributed by atoms with Gasteiger partial charge in [-0.25, -0.2) is 0 Å². The largest absolute Gasteiger partial charge is 0.313 e. The van der Waals surface area contributed by atoms with Gasteiger partial charge in [-0.15, -0.1) is 0 Å². The fraction of sp³-hybridized carbons (Fsp3) is 1.00. The summed E-state index contributed by atoms with van der Waals surface area (Å²) in [6, 6.07) is 0.724. The Bertz CT molecular complexity index is 160. The van der Waals surface area contributed by atoms with Crippen LogP contribution in [0.1, 0.15) is 33.6 Å². The van der Waals surface area contributed by atoms with Crippen molar-refractivity contribution in [2.45, 2.75) is 44.9 Å².